The molecule has 0 aromatic rings. The fourth-order valence-electron chi connectivity index (χ4n) is 3.76. The summed E-state index contributed by atoms with van der Waals surface area (Å²) < 4.78 is 18.4. The summed E-state index contributed by atoms with van der Waals surface area (Å²) in [6, 6.07) is 0. The van der Waals surface area contributed by atoms with E-state index in [1.807, 2.05) is 20.8 Å². The van der Waals surface area contributed by atoms with E-state index in [0.29, 0.717) is 31.7 Å². The monoisotopic (exact) mass is 314 g/mol. The van der Waals surface area contributed by atoms with Crippen LogP contribution in [0.5, 0.6) is 0 Å². The lowest BCUT2D eigenvalue weighted by Crippen LogP contribution is -2.55. The van der Waals surface area contributed by atoms with E-state index in [1.165, 1.54) is 0 Å². The number of hydrogen-bond acceptors (Lipinski definition) is 4. The second-order valence-electron chi connectivity index (χ2n) is 5.66. The zero-order valence-electron chi connectivity index (χ0n) is 13.0. The van der Waals surface area contributed by atoms with Crippen molar-refractivity contribution in [2.75, 3.05) is 19.8 Å². The van der Waals surface area contributed by atoms with Crippen molar-refractivity contribution in [1.82, 2.24) is 0 Å². The van der Waals surface area contributed by atoms with Gasteiger partial charge in [0.25, 0.3) is 0 Å². The van der Waals surface area contributed by atoms with Crippen LogP contribution in [-0.2, 0) is 13.3 Å². The van der Waals surface area contributed by atoms with Crippen molar-refractivity contribution in [2.45, 2.75) is 45.6 Å². The average molecular weight is 315 g/mol. The van der Waals surface area contributed by atoms with Crippen LogP contribution in [0.3, 0.4) is 0 Å². The molecule has 0 heterocycles. The van der Waals surface area contributed by atoms with Gasteiger partial charge in [0, 0.05) is 19.8 Å². The van der Waals surface area contributed by atoms with E-state index in [-0.39, 0.29) is 5.04 Å². The summed E-state index contributed by atoms with van der Waals surface area (Å²) in [7, 11) is -2.71. The second kappa shape index (κ2) is 6.36. The first-order valence-corrected chi connectivity index (χ1v) is 9.79. The molecule has 0 amide bonds. The predicted molar refractivity (Wildman–Crippen MR) is 87.0 cm³/mol. The van der Waals surface area contributed by atoms with Gasteiger partial charge in [0.15, 0.2) is 0 Å². The first-order chi connectivity index (χ1) is 9.54. The van der Waals surface area contributed by atoms with Crippen LogP contribution < -0.4 is 0 Å². The predicted octanol–water partition coefficient (Wildman–Crippen LogP) is 3.76. The first kappa shape index (κ1) is 16.3. The van der Waals surface area contributed by atoms with E-state index in [0.717, 1.165) is 17.7 Å². The number of allylic oxidation sites excluding steroid dienone is 2. The zero-order valence-corrected chi connectivity index (χ0v) is 14.8. The van der Waals surface area contributed by atoms with E-state index in [2.05, 4.69) is 19.1 Å². The Morgan fingerprint density at radius 2 is 1.70 bits per heavy atom. The maximum absolute atomic E-state index is 6.14. The highest BCUT2D eigenvalue weighted by atomic mass is 32.1. The van der Waals surface area contributed by atoms with E-state index >= 15 is 0 Å². The van der Waals surface area contributed by atoms with Crippen molar-refractivity contribution in [2.24, 2.45) is 11.8 Å². The average Bonchev–Trinajstić information content (AvgIpc) is 2.99. The highest BCUT2D eigenvalue weighted by molar-refractivity contribution is 7.80. The molecular weight excluding hydrogens is 288 g/mol. The molecule has 20 heavy (non-hydrogen) atoms. The van der Waals surface area contributed by atoms with E-state index in [1.54, 1.807) is 0 Å². The van der Waals surface area contributed by atoms with Gasteiger partial charge in [-0.15, -0.1) is 0 Å². The Kier molecular flexibility index (Phi) is 5.18. The third-order valence-electron chi connectivity index (χ3n) is 4.50. The minimum Gasteiger partial charge on any atom is -0.373 e. The second-order valence-corrected chi connectivity index (χ2v) is 9.28. The summed E-state index contributed by atoms with van der Waals surface area (Å²) in [4.78, 5) is 1.11. The highest BCUT2D eigenvalue weighted by Gasteiger charge is 2.66. The van der Waals surface area contributed by atoms with Crippen molar-refractivity contribution in [3.05, 3.63) is 12.2 Å². The maximum Gasteiger partial charge on any atom is 0.511 e. The molecule has 0 radical (unpaired) electrons. The molecule has 3 unspecified atom stereocenters. The van der Waals surface area contributed by atoms with Crippen LogP contribution in [0.1, 0.15) is 40.5 Å². The third kappa shape index (κ3) is 2.54. The minimum absolute atomic E-state index is 0.0650. The first-order valence-electron chi connectivity index (χ1n) is 7.65. The summed E-state index contributed by atoms with van der Waals surface area (Å²) in [6.45, 7) is 10.0. The molecule has 114 valence electrons. The molecule has 0 spiro atoms. The van der Waals surface area contributed by atoms with E-state index in [4.69, 9.17) is 25.5 Å². The standard InChI is InChI=1S/C15H26O3SSi/c1-5-16-20(17-6-2,18-7-3)15-9-8-13(10-15)14(11-15)12(4)19/h8-9,13-14H,5-7,10-11H2,1-4H3. The molecule has 3 atom stereocenters. The smallest absolute Gasteiger partial charge is 0.373 e. The van der Waals surface area contributed by atoms with Gasteiger partial charge in [-0.2, -0.15) is 0 Å². The number of rotatable bonds is 8. The molecule has 2 aliphatic rings. The normalized spacial score (nSPS) is 32.0. The number of hydrogen-bond donors (Lipinski definition) is 0. The van der Waals surface area contributed by atoms with E-state index in [9.17, 15) is 0 Å². The van der Waals surface area contributed by atoms with Crippen LogP contribution in [0, 0.1) is 11.8 Å². The van der Waals surface area contributed by atoms with Crippen LogP contribution in [0.4, 0.5) is 0 Å². The van der Waals surface area contributed by atoms with Crippen molar-refractivity contribution in [3.8, 4) is 0 Å². The van der Waals surface area contributed by atoms with E-state index < -0.39 is 8.80 Å². The summed E-state index contributed by atoms with van der Waals surface area (Å²) in [5.74, 6) is 1.02. The Morgan fingerprint density at radius 3 is 2.10 bits per heavy atom. The lowest BCUT2D eigenvalue weighted by atomic mass is 9.91. The molecule has 1 saturated carbocycles. The lowest BCUT2D eigenvalue weighted by Gasteiger charge is -2.41. The molecule has 0 aromatic carbocycles. The Balaban J connectivity index is 2.33. The molecule has 5 heteroatoms. The highest BCUT2D eigenvalue weighted by Crippen LogP contribution is 2.63. The fourth-order valence-corrected chi connectivity index (χ4v) is 7.53. The van der Waals surface area contributed by atoms with Gasteiger partial charge in [-0.05, 0) is 57.2 Å². The Labute approximate surface area is 129 Å². The topological polar surface area (TPSA) is 27.7 Å². The molecule has 2 aliphatic carbocycles. The van der Waals surface area contributed by atoms with Gasteiger partial charge >= 0.3 is 8.80 Å². The number of thiocarbonyl (C=S) groups is 1. The summed E-state index contributed by atoms with van der Waals surface area (Å²) >= 11 is 5.44. The fraction of sp³-hybridized carbons (Fsp3) is 0.800. The third-order valence-corrected chi connectivity index (χ3v) is 8.60. The van der Waals surface area contributed by atoms with Crippen LogP contribution in [0.2, 0.25) is 5.04 Å². The number of fused-ring (bicyclic) bond motifs is 2. The van der Waals surface area contributed by atoms with Gasteiger partial charge in [0.2, 0.25) is 0 Å². The summed E-state index contributed by atoms with van der Waals surface area (Å²) in [5.41, 5.74) is 0. The molecule has 0 aliphatic heterocycles. The van der Waals surface area contributed by atoms with Crippen molar-refractivity contribution >= 4 is 25.9 Å². The molecule has 0 saturated heterocycles. The Hall–Kier alpha value is -0.0731. The molecule has 2 bridgehead atoms. The summed E-state index contributed by atoms with van der Waals surface area (Å²) in [5, 5.41) is -0.0650. The molecule has 3 nitrogen and oxygen atoms in total. The van der Waals surface area contributed by atoms with Gasteiger partial charge in [-0.25, -0.2) is 0 Å². The Morgan fingerprint density at radius 1 is 1.15 bits per heavy atom. The van der Waals surface area contributed by atoms with Gasteiger partial charge in [-0.1, -0.05) is 24.4 Å². The largest absolute Gasteiger partial charge is 0.511 e. The molecule has 0 aromatic heterocycles. The lowest BCUT2D eigenvalue weighted by molar-refractivity contribution is 0.0509. The van der Waals surface area contributed by atoms with Crippen LogP contribution in [-0.4, -0.2) is 33.5 Å². The van der Waals surface area contributed by atoms with Gasteiger partial charge in [-0.3, -0.25) is 0 Å². The minimum atomic E-state index is -2.71. The summed E-state index contributed by atoms with van der Waals surface area (Å²) in [6.07, 6.45) is 6.70. The quantitative estimate of drug-likeness (QED) is 0.387. The van der Waals surface area contributed by atoms with Gasteiger partial charge in [0.05, 0.1) is 5.04 Å². The van der Waals surface area contributed by atoms with Crippen molar-refractivity contribution in [1.29, 1.82) is 0 Å². The Bertz CT molecular complexity index is 382. The molecular formula is C15H26O3SSi. The SMILES string of the molecule is CCO[Si](OCC)(OCC)C12C=CC(C1)C(C(C)=S)C2. The van der Waals surface area contributed by atoms with Crippen LogP contribution in [0.15, 0.2) is 12.2 Å². The van der Waals surface area contributed by atoms with Crippen molar-refractivity contribution in [3.63, 3.8) is 0 Å². The van der Waals surface area contributed by atoms with Crippen LogP contribution in [0.25, 0.3) is 0 Å². The van der Waals surface area contributed by atoms with Crippen LogP contribution >= 0.6 is 12.2 Å². The maximum atomic E-state index is 6.14. The zero-order chi connectivity index (χ0) is 14.8. The van der Waals surface area contributed by atoms with Crippen molar-refractivity contribution < 1.29 is 13.3 Å². The molecule has 2 rings (SSSR count). The molecule has 0 N–H and O–H groups in total. The molecule has 1 fully saturated rings. The van der Waals surface area contributed by atoms with Gasteiger partial charge in [0.1, 0.15) is 0 Å². The van der Waals surface area contributed by atoms with Gasteiger partial charge < -0.3 is 13.3 Å².